The summed E-state index contributed by atoms with van der Waals surface area (Å²) in [5.41, 5.74) is 2.67. The van der Waals surface area contributed by atoms with Gasteiger partial charge in [0.05, 0.1) is 17.3 Å². The Morgan fingerprint density at radius 1 is 1.43 bits per heavy atom. The Morgan fingerprint density at radius 3 is 2.71 bits per heavy atom. The molecular formula is C11H17NOS. The van der Waals surface area contributed by atoms with Crippen LogP contribution < -0.4 is 0 Å². The summed E-state index contributed by atoms with van der Waals surface area (Å²) in [6.45, 7) is 2.30. The molecule has 1 fully saturated rings. The predicted octanol–water partition coefficient (Wildman–Crippen LogP) is 3.00. The normalized spacial score (nSPS) is 30.1. The Morgan fingerprint density at radius 2 is 2.14 bits per heavy atom. The Balaban J connectivity index is 1.95. The zero-order valence-corrected chi connectivity index (χ0v) is 9.33. The van der Waals surface area contributed by atoms with Crippen LogP contribution in [0.3, 0.4) is 0 Å². The van der Waals surface area contributed by atoms with Crippen LogP contribution in [0.1, 0.15) is 44.4 Å². The maximum absolute atomic E-state index is 10.1. The van der Waals surface area contributed by atoms with E-state index in [1.54, 1.807) is 16.8 Å². The average molecular weight is 211 g/mol. The molecule has 14 heavy (non-hydrogen) atoms. The molecule has 3 heteroatoms. The number of hydrogen-bond acceptors (Lipinski definition) is 3. The zero-order chi connectivity index (χ0) is 9.97. The summed E-state index contributed by atoms with van der Waals surface area (Å²) >= 11 is 1.56. The zero-order valence-electron chi connectivity index (χ0n) is 8.52. The third-order valence-corrected chi connectivity index (χ3v) is 3.87. The van der Waals surface area contributed by atoms with Gasteiger partial charge in [-0.1, -0.05) is 19.8 Å². The second-order valence-corrected chi connectivity index (χ2v) is 5.10. The van der Waals surface area contributed by atoms with Crippen LogP contribution in [-0.4, -0.2) is 10.1 Å². The molecule has 0 radical (unpaired) electrons. The van der Waals surface area contributed by atoms with Gasteiger partial charge >= 0.3 is 0 Å². The number of aliphatic hydroxyl groups is 1. The molecule has 2 nitrogen and oxygen atoms in total. The first-order valence-electron chi connectivity index (χ1n) is 5.33. The third-order valence-electron chi connectivity index (χ3n) is 3.26. The van der Waals surface area contributed by atoms with Crippen LogP contribution in [0.2, 0.25) is 0 Å². The lowest BCUT2D eigenvalue weighted by Crippen LogP contribution is -2.19. The van der Waals surface area contributed by atoms with E-state index < -0.39 is 0 Å². The van der Waals surface area contributed by atoms with E-state index >= 15 is 0 Å². The number of aromatic nitrogens is 1. The van der Waals surface area contributed by atoms with Crippen LogP contribution in [0.5, 0.6) is 0 Å². The molecule has 0 aromatic carbocycles. The highest BCUT2D eigenvalue weighted by atomic mass is 32.1. The fourth-order valence-electron chi connectivity index (χ4n) is 2.21. The first-order chi connectivity index (χ1) is 6.77. The maximum atomic E-state index is 10.1. The van der Waals surface area contributed by atoms with Crippen molar-refractivity contribution in [1.82, 2.24) is 4.98 Å². The van der Waals surface area contributed by atoms with Crippen molar-refractivity contribution < 1.29 is 5.11 Å². The van der Waals surface area contributed by atoms with Gasteiger partial charge in [-0.15, -0.1) is 11.3 Å². The van der Waals surface area contributed by atoms with E-state index in [-0.39, 0.29) is 6.10 Å². The van der Waals surface area contributed by atoms with Crippen LogP contribution >= 0.6 is 11.3 Å². The molecule has 1 aliphatic rings. The number of thiazole rings is 1. The van der Waals surface area contributed by atoms with Crippen molar-refractivity contribution in [3.05, 3.63) is 16.6 Å². The van der Waals surface area contributed by atoms with Crippen molar-refractivity contribution in [2.45, 2.75) is 38.7 Å². The molecule has 0 spiro atoms. The molecule has 1 aromatic heterocycles. The van der Waals surface area contributed by atoms with Crippen molar-refractivity contribution in [1.29, 1.82) is 0 Å². The molecule has 1 N–H and O–H groups in total. The molecule has 78 valence electrons. The topological polar surface area (TPSA) is 33.1 Å². The standard InChI is InChI=1S/C11H17NOS/c1-8-2-4-9(5-3-8)11(13)10-6-14-7-12-10/h6-9,11,13H,2-5H2,1H3. The SMILES string of the molecule is CC1CCC(C(O)c2cscn2)CC1. The lowest BCUT2D eigenvalue weighted by molar-refractivity contribution is 0.0726. The van der Waals surface area contributed by atoms with Gasteiger partial charge in [0.1, 0.15) is 0 Å². The minimum Gasteiger partial charge on any atom is -0.386 e. The Hall–Kier alpha value is -0.410. The largest absolute Gasteiger partial charge is 0.386 e. The lowest BCUT2D eigenvalue weighted by atomic mass is 9.79. The fraction of sp³-hybridized carbons (Fsp3) is 0.727. The van der Waals surface area contributed by atoms with Crippen molar-refractivity contribution in [3.8, 4) is 0 Å². The van der Waals surface area contributed by atoms with E-state index in [2.05, 4.69) is 11.9 Å². The molecule has 1 atom stereocenters. The monoisotopic (exact) mass is 211 g/mol. The first-order valence-corrected chi connectivity index (χ1v) is 6.28. The van der Waals surface area contributed by atoms with Gasteiger partial charge in [0, 0.05) is 5.38 Å². The molecule has 0 saturated heterocycles. The van der Waals surface area contributed by atoms with Gasteiger partial charge < -0.3 is 5.11 Å². The van der Waals surface area contributed by atoms with E-state index in [9.17, 15) is 5.11 Å². The molecule has 1 unspecified atom stereocenters. The van der Waals surface area contributed by atoms with E-state index in [0.717, 1.165) is 24.5 Å². The number of nitrogens with zero attached hydrogens (tertiary/aromatic N) is 1. The summed E-state index contributed by atoms with van der Waals surface area (Å²) in [5.74, 6) is 1.28. The van der Waals surface area contributed by atoms with Crippen molar-refractivity contribution >= 4 is 11.3 Å². The van der Waals surface area contributed by atoms with Crippen molar-refractivity contribution in [2.24, 2.45) is 11.8 Å². The first kappa shape index (κ1) is 10.1. The second kappa shape index (κ2) is 4.41. The molecule has 1 heterocycles. The summed E-state index contributed by atoms with van der Waals surface area (Å²) < 4.78 is 0. The molecule has 2 rings (SSSR count). The van der Waals surface area contributed by atoms with Gasteiger partial charge in [-0.2, -0.15) is 0 Å². The van der Waals surface area contributed by atoms with Crippen LogP contribution in [0, 0.1) is 11.8 Å². The Kier molecular flexibility index (Phi) is 3.19. The van der Waals surface area contributed by atoms with Crippen LogP contribution in [0.25, 0.3) is 0 Å². The van der Waals surface area contributed by atoms with Crippen LogP contribution in [0.4, 0.5) is 0 Å². The fourth-order valence-corrected chi connectivity index (χ4v) is 2.79. The second-order valence-electron chi connectivity index (χ2n) is 4.38. The summed E-state index contributed by atoms with van der Waals surface area (Å²) in [7, 11) is 0. The molecule has 1 aliphatic carbocycles. The van der Waals surface area contributed by atoms with Gasteiger partial charge in [0.2, 0.25) is 0 Å². The molecule has 0 aliphatic heterocycles. The quantitative estimate of drug-likeness (QED) is 0.815. The van der Waals surface area contributed by atoms with Gasteiger partial charge in [-0.3, -0.25) is 0 Å². The number of rotatable bonds is 2. The highest BCUT2D eigenvalue weighted by Gasteiger charge is 2.26. The van der Waals surface area contributed by atoms with Crippen molar-refractivity contribution in [2.75, 3.05) is 0 Å². The summed E-state index contributed by atoms with van der Waals surface area (Å²) in [5, 5.41) is 12.0. The number of hydrogen-bond donors (Lipinski definition) is 1. The highest BCUT2D eigenvalue weighted by molar-refractivity contribution is 7.07. The molecule has 1 saturated carbocycles. The van der Waals surface area contributed by atoms with Crippen LogP contribution in [-0.2, 0) is 0 Å². The van der Waals surface area contributed by atoms with Gasteiger partial charge in [0.15, 0.2) is 0 Å². The molecule has 0 amide bonds. The smallest absolute Gasteiger partial charge is 0.0996 e. The van der Waals surface area contributed by atoms with Gasteiger partial charge in [0.25, 0.3) is 0 Å². The van der Waals surface area contributed by atoms with Crippen molar-refractivity contribution in [3.63, 3.8) is 0 Å². The molecular weight excluding hydrogens is 194 g/mol. The predicted molar refractivity (Wildman–Crippen MR) is 58.2 cm³/mol. The van der Waals surface area contributed by atoms with E-state index in [4.69, 9.17) is 0 Å². The van der Waals surface area contributed by atoms with Crippen LogP contribution in [0.15, 0.2) is 10.9 Å². The third kappa shape index (κ3) is 2.15. The maximum Gasteiger partial charge on any atom is 0.0996 e. The Labute approximate surface area is 89.0 Å². The van der Waals surface area contributed by atoms with Gasteiger partial charge in [-0.25, -0.2) is 4.98 Å². The minimum atomic E-state index is -0.325. The molecule has 0 bridgehead atoms. The average Bonchev–Trinajstić information content (AvgIpc) is 2.71. The van der Waals surface area contributed by atoms with E-state index in [1.165, 1.54) is 12.8 Å². The lowest BCUT2D eigenvalue weighted by Gasteiger charge is -2.28. The highest BCUT2D eigenvalue weighted by Crippen LogP contribution is 2.36. The summed E-state index contributed by atoms with van der Waals surface area (Å²) in [4.78, 5) is 4.18. The van der Waals surface area contributed by atoms with E-state index in [0.29, 0.717) is 5.92 Å². The summed E-state index contributed by atoms with van der Waals surface area (Å²) in [6, 6.07) is 0. The van der Waals surface area contributed by atoms with E-state index in [1.807, 2.05) is 5.38 Å². The number of aliphatic hydroxyl groups excluding tert-OH is 1. The molecule has 1 aromatic rings. The van der Waals surface area contributed by atoms with Gasteiger partial charge in [-0.05, 0) is 24.7 Å². The summed E-state index contributed by atoms with van der Waals surface area (Å²) in [6.07, 6.45) is 4.49. The minimum absolute atomic E-state index is 0.325. The Bertz CT molecular complexity index is 265.